The summed E-state index contributed by atoms with van der Waals surface area (Å²) in [5, 5.41) is 0. The summed E-state index contributed by atoms with van der Waals surface area (Å²) < 4.78 is 0. The van der Waals surface area contributed by atoms with E-state index in [0.29, 0.717) is 0 Å². The molecule has 5 N–H and O–H groups in total. The molecule has 0 saturated carbocycles. The van der Waals surface area contributed by atoms with Crippen LogP contribution in [-0.2, 0) is 0 Å². The first-order valence-corrected chi connectivity index (χ1v) is 0.577. The van der Waals surface area contributed by atoms with E-state index in [2.05, 4.69) is 5.73 Å². The Balaban J connectivity index is -0.00000000167. The van der Waals surface area contributed by atoms with Gasteiger partial charge in [-0.1, -0.05) is 0 Å². The maximum absolute atomic E-state index is 4.50. The van der Waals surface area contributed by atoms with Crippen molar-refractivity contribution in [2.24, 2.45) is 5.73 Å². The molecule has 0 bridgehead atoms. The average molecular weight is 210 g/mol. The molecule has 0 fully saturated rings. The van der Waals surface area contributed by atoms with Crippen LogP contribution in [0.1, 0.15) is 0 Å². The van der Waals surface area contributed by atoms with Crippen LogP contribution in [0.3, 0.4) is 0 Å². The third-order valence-corrected chi connectivity index (χ3v) is 0. The third kappa shape index (κ3) is 52.3. The molecule has 0 aromatic carbocycles. The van der Waals surface area contributed by atoms with E-state index >= 15 is 0 Å². The van der Waals surface area contributed by atoms with Crippen molar-refractivity contribution in [1.29, 1.82) is 0 Å². The Morgan fingerprint density at radius 2 is 1.00 bits per heavy atom. The Labute approximate surface area is 53.2 Å². The van der Waals surface area contributed by atoms with Crippen LogP contribution in [0.4, 0.5) is 0 Å². The maximum Gasteiger partial charge on any atom is -0.0195 e. The van der Waals surface area contributed by atoms with Gasteiger partial charge < -0.3 is 11.9 Å². The highest BCUT2D eigenvalue weighted by atomic mass is 79.9. The Hall–Kier alpha value is 0.880. The SMILES string of the molecule is Br.Br.CN.N. The molecule has 0 aliphatic heterocycles. The fourth-order valence-electron chi connectivity index (χ4n) is 0. The molecule has 0 spiro atoms. The van der Waals surface area contributed by atoms with Gasteiger partial charge in [0, 0.05) is 0 Å². The van der Waals surface area contributed by atoms with Gasteiger partial charge in [0.05, 0.1) is 0 Å². The lowest BCUT2D eigenvalue weighted by Gasteiger charge is -1.19. The lowest BCUT2D eigenvalue weighted by molar-refractivity contribution is 1.48. The number of nitrogens with two attached hydrogens (primary N) is 1. The van der Waals surface area contributed by atoms with Crippen molar-refractivity contribution in [3.05, 3.63) is 0 Å². The first-order valence-electron chi connectivity index (χ1n) is 0.577. The summed E-state index contributed by atoms with van der Waals surface area (Å²) in [6.07, 6.45) is 0. The van der Waals surface area contributed by atoms with Crippen LogP contribution in [0.25, 0.3) is 0 Å². The Bertz CT molecular complexity index is 7.61. The first-order chi connectivity index (χ1) is 1.00. The van der Waals surface area contributed by atoms with Gasteiger partial charge in [-0.05, 0) is 7.05 Å². The quantitative estimate of drug-likeness (QED) is 0.623. The van der Waals surface area contributed by atoms with E-state index in [1.807, 2.05) is 0 Å². The summed E-state index contributed by atoms with van der Waals surface area (Å²) in [4.78, 5) is 0. The van der Waals surface area contributed by atoms with E-state index < -0.39 is 0 Å². The van der Waals surface area contributed by atoms with Gasteiger partial charge in [0.1, 0.15) is 0 Å². The summed E-state index contributed by atoms with van der Waals surface area (Å²) in [5.41, 5.74) is 4.50. The molecule has 0 rings (SSSR count). The summed E-state index contributed by atoms with van der Waals surface area (Å²) >= 11 is 0. The predicted octanol–water partition coefficient (Wildman–Crippen LogP) is 0.893. The molecule has 0 aromatic rings. The number of halogens is 2. The fourth-order valence-corrected chi connectivity index (χ4v) is 0. The molecule has 0 unspecified atom stereocenters. The molecule has 0 heterocycles. The zero-order valence-corrected chi connectivity index (χ0v) is 6.53. The standard InChI is InChI=1S/CH5N.2BrH.H3N/c1-2;;;/h2H2,1H3;2*1H;1H3. The molecule has 0 aliphatic rings. The minimum Gasteiger partial charge on any atom is -0.344 e. The van der Waals surface area contributed by atoms with Crippen molar-refractivity contribution in [2.75, 3.05) is 7.05 Å². The Morgan fingerprint density at radius 3 is 1.00 bits per heavy atom. The van der Waals surface area contributed by atoms with E-state index in [0.717, 1.165) is 0 Å². The fraction of sp³-hybridized carbons (Fsp3) is 1.00. The second-order valence-corrected chi connectivity index (χ2v) is 0. The summed E-state index contributed by atoms with van der Waals surface area (Å²) in [6.45, 7) is 0. The van der Waals surface area contributed by atoms with Crippen molar-refractivity contribution in [1.82, 2.24) is 6.15 Å². The number of hydrogen-bond donors (Lipinski definition) is 2. The van der Waals surface area contributed by atoms with E-state index in [1.165, 1.54) is 7.05 Å². The molecule has 0 radical (unpaired) electrons. The van der Waals surface area contributed by atoms with Crippen molar-refractivity contribution in [3.63, 3.8) is 0 Å². The summed E-state index contributed by atoms with van der Waals surface area (Å²) in [6, 6.07) is 0. The van der Waals surface area contributed by atoms with Crippen LogP contribution in [0.2, 0.25) is 0 Å². The highest BCUT2D eigenvalue weighted by molar-refractivity contribution is 8.93. The molecular formula is CH10Br2N2. The van der Waals surface area contributed by atoms with Gasteiger partial charge in [0.25, 0.3) is 0 Å². The normalized spacial score (nSPS) is 1.20. The van der Waals surface area contributed by atoms with Crippen LogP contribution >= 0.6 is 34.0 Å². The van der Waals surface area contributed by atoms with Gasteiger partial charge in [-0.2, -0.15) is 0 Å². The summed E-state index contributed by atoms with van der Waals surface area (Å²) in [7, 11) is 1.50. The van der Waals surface area contributed by atoms with Gasteiger partial charge in [-0.25, -0.2) is 0 Å². The Kier molecular flexibility index (Phi) is 752. The second-order valence-electron chi connectivity index (χ2n) is 0. The lowest BCUT2D eigenvalue weighted by Crippen LogP contribution is -1.69. The molecule has 0 amide bonds. The van der Waals surface area contributed by atoms with Gasteiger partial charge >= 0.3 is 0 Å². The highest BCUT2D eigenvalue weighted by Crippen LogP contribution is 0.847. The average Bonchev–Trinajstić information content (AvgIpc) is 1.00. The van der Waals surface area contributed by atoms with E-state index in [4.69, 9.17) is 0 Å². The van der Waals surface area contributed by atoms with E-state index in [-0.39, 0.29) is 40.1 Å². The second kappa shape index (κ2) is 94.9. The van der Waals surface area contributed by atoms with Crippen LogP contribution in [0, 0.1) is 0 Å². The number of hydrogen-bond acceptors (Lipinski definition) is 2. The van der Waals surface area contributed by atoms with Crippen LogP contribution < -0.4 is 11.9 Å². The molecule has 2 nitrogen and oxygen atoms in total. The van der Waals surface area contributed by atoms with Gasteiger partial charge in [0.2, 0.25) is 0 Å². The van der Waals surface area contributed by atoms with E-state index in [9.17, 15) is 0 Å². The maximum atomic E-state index is 4.50. The molecular weight excluding hydrogens is 200 g/mol. The van der Waals surface area contributed by atoms with Gasteiger partial charge in [0.15, 0.2) is 0 Å². The molecule has 38 valence electrons. The zero-order valence-electron chi connectivity index (χ0n) is 3.10. The Morgan fingerprint density at radius 1 is 1.00 bits per heavy atom. The molecule has 0 aliphatic carbocycles. The lowest BCUT2D eigenvalue weighted by atomic mass is 11.6. The molecule has 0 aromatic heterocycles. The molecule has 0 atom stereocenters. The topological polar surface area (TPSA) is 61.0 Å². The zero-order chi connectivity index (χ0) is 2.00. The highest BCUT2D eigenvalue weighted by Gasteiger charge is 0.836. The first kappa shape index (κ1) is 39.6. The van der Waals surface area contributed by atoms with Crippen molar-refractivity contribution in [3.8, 4) is 0 Å². The number of rotatable bonds is 0. The van der Waals surface area contributed by atoms with Gasteiger partial charge in [-0.15, -0.1) is 34.0 Å². The largest absolute Gasteiger partial charge is 0.344 e. The summed E-state index contributed by atoms with van der Waals surface area (Å²) in [5.74, 6) is 0. The third-order valence-electron chi connectivity index (χ3n) is 0. The minimum absolute atomic E-state index is 0. The van der Waals surface area contributed by atoms with Gasteiger partial charge in [-0.3, -0.25) is 0 Å². The minimum atomic E-state index is 0. The monoisotopic (exact) mass is 208 g/mol. The van der Waals surface area contributed by atoms with Crippen molar-refractivity contribution >= 4 is 34.0 Å². The molecule has 0 saturated heterocycles. The molecule has 5 heavy (non-hydrogen) atoms. The molecule has 4 heteroatoms. The van der Waals surface area contributed by atoms with E-state index in [1.54, 1.807) is 0 Å². The van der Waals surface area contributed by atoms with Crippen molar-refractivity contribution < 1.29 is 0 Å². The van der Waals surface area contributed by atoms with Crippen LogP contribution in [0.5, 0.6) is 0 Å². The smallest absolute Gasteiger partial charge is 0.0195 e. The van der Waals surface area contributed by atoms with Crippen LogP contribution in [0.15, 0.2) is 0 Å². The predicted molar refractivity (Wildman–Crippen MR) is 35.8 cm³/mol. The van der Waals surface area contributed by atoms with Crippen LogP contribution in [-0.4, -0.2) is 7.05 Å². The van der Waals surface area contributed by atoms with Crippen molar-refractivity contribution in [2.45, 2.75) is 0 Å².